The van der Waals surface area contributed by atoms with Gasteiger partial charge in [0.1, 0.15) is 5.78 Å². The van der Waals surface area contributed by atoms with Gasteiger partial charge in [-0.3, -0.25) is 0 Å². The van der Waals surface area contributed by atoms with Crippen molar-refractivity contribution in [2.45, 2.75) is 25.4 Å². The summed E-state index contributed by atoms with van der Waals surface area (Å²) in [4.78, 5) is 10.6. The van der Waals surface area contributed by atoms with Crippen LogP contribution >= 0.6 is 0 Å². The Hall–Kier alpha value is 5.32. The first-order chi connectivity index (χ1) is 5.61. The van der Waals surface area contributed by atoms with E-state index in [1.807, 2.05) is 0 Å². The standard InChI is InChI=1S/C8H13N2OS.3W.3Y/c1-3-7(5-12)10-4-8(9)6(2)11;;;;;;/h5,7-9H,1,3-4H2,2H3;;;;;;/q-5;;;+2;;;+3. The van der Waals surface area contributed by atoms with Crippen molar-refractivity contribution in [3.63, 3.8) is 0 Å². The molecule has 0 amide bonds. The molecule has 3 nitrogen and oxygen atoms in total. The average Bonchev–Trinajstić information content (AvgIpc) is 2.05. The third kappa shape index (κ3) is 26.2. The second kappa shape index (κ2) is 30.2. The summed E-state index contributed by atoms with van der Waals surface area (Å²) >= 11 is 4.69. The maximum atomic E-state index is 10.6. The van der Waals surface area contributed by atoms with Gasteiger partial charge in [-0.05, 0) is 6.92 Å². The van der Waals surface area contributed by atoms with E-state index in [4.69, 9.17) is 5.73 Å². The Kier molecular flexibility index (Phi) is 73.2. The van der Waals surface area contributed by atoms with E-state index in [1.54, 1.807) is 0 Å². The SMILES string of the molecule is [CH2-]CC([CH-][S-])[N-]CC([NH-])C(C)=O.[W+2].[W].[W].[Y+3].[Y].[Y]. The zero-order valence-corrected chi connectivity index (χ0v) is 28.2. The number of Topliss-reactive ketones (excluding diaryl/α,β-unsaturated/α-hetero) is 1. The fraction of sp³-hybridized carbons (Fsp3) is 0.625. The Morgan fingerprint density at radius 2 is 1.83 bits per heavy atom. The van der Waals surface area contributed by atoms with E-state index in [9.17, 15) is 4.79 Å². The zero-order valence-electron chi connectivity index (χ0n) is 10.1. The fourth-order valence-electron chi connectivity index (χ4n) is 0.572. The number of carbonyl (C=O) groups excluding carboxylic acids is 1. The van der Waals surface area contributed by atoms with Gasteiger partial charge in [0.15, 0.2) is 0 Å². The molecule has 0 aliphatic heterocycles. The van der Waals surface area contributed by atoms with Gasteiger partial charge in [0.25, 0.3) is 0 Å². The van der Waals surface area contributed by atoms with Crippen molar-refractivity contribution in [1.29, 1.82) is 0 Å². The Morgan fingerprint density at radius 1 is 1.44 bits per heavy atom. The van der Waals surface area contributed by atoms with Crippen LogP contribution in [0.15, 0.2) is 0 Å². The Morgan fingerprint density at radius 3 is 2.06 bits per heavy atom. The summed E-state index contributed by atoms with van der Waals surface area (Å²) in [5, 5.41) is 4.05. The van der Waals surface area contributed by atoms with Gasteiger partial charge >= 0.3 is 53.8 Å². The molecule has 0 saturated carbocycles. The summed E-state index contributed by atoms with van der Waals surface area (Å²) in [6.07, 6.45) is 0.591. The summed E-state index contributed by atoms with van der Waals surface area (Å²) < 4.78 is 0. The van der Waals surface area contributed by atoms with Crippen molar-refractivity contribution >= 4 is 18.4 Å². The maximum Gasteiger partial charge on any atom is 3.00 e. The van der Waals surface area contributed by atoms with E-state index < -0.39 is 6.04 Å². The summed E-state index contributed by atoms with van der Waals surface area (Å²) in [5.41, 5.74) is 7.26. The molecule has 0 rings (SSSR count). The molecule has 0 saturated heterocycles. The number of hydrogen-bond donors (Lipinski definition) is 0. The van der Waals surface area contributed by atoms with Crippen LogP contribution in [0, 0.1) is 12.7 Å². The van der Waals surface area contributed by atoms with Gasteiger partial charge in [-0.2, -0.15) is 6.54 Å². The molecule has 2 unspecified atom stereocenters. The molecule has 0 spiro atoms. The largest absolute Gasteiger partial charge is 3.00 e. The minimum absolute atomic E-state index is 0. The Bertz CT molecular complexity index is 160. The predicted octanol–water partition coefficient (Wildman–Crippen LogP) is 1.66. The van der Waals surface area contributed by atoms with Gasteiger partial charge in [0.2, 0.25) is 0 Å². The van der Waals surface area contributed by atoms with Crippen molar-refractivity contribution in [2.75, 3.05) is 6.54 Å². The van der Waals surface area contributed by atoms with Crippen LogP contribution in [0.25, 0.3) is 11.1 Å². The minimum Gasteiger partial charge on any atom is -1.01 e. The third-order valence-corrected chi connectivity index (χ3v) is 1.78. The minimum atomic E-state index is -0.742. The molecule has 0 heterocycles. The molecular formula is C8H13N2OSW3Y3. The Balaban J connectivity index is -0.0000000403. The van der Waals surface area contributed by atoms with E-state index in [0.717, 1.165) is 0 Å². The topological polar surface area (TPSA) is 55.0 Å². The summed E-state index contributed by atoms with van der Waals surface area (Å²) in [6.45, 7) is 5.26. The van der Waals surface area contributed by atoms with Crippen molar-refractivity contribution in [3.05, 3.63) is 23.7 Å². The van der Waals surface area contributed by atoms with Crippen LogP contribution in [0.1, 0.15) is 13.3 Å². The van der Waals surface area contributed by atoms with Crippen molar-refractivity contribution in [3.8, 4) is 0 Å². The molecule has 18 heavy (non-hydrogen) atoms. The van der Waals surface area contributed by atoms with Gasteiger partial charge < -0.3 is 47.2 Å². The first kappa shape index (κ1) is 43.6. The van der Waals surface area contributed by atoms with Crippen LogP contribution in [0.2, 0.25) is 0 Å². The molecule has 0 bridgehead atoms. The molecular weight excluding hydrogens is 990 g/mol. The molecule has 2 atom stereocenters. The first-order valence-corrected chi connectivity index (χ1v) is 4.21. The Labute approximate surface area is 235 Å². The van der Waals surface area contributed by atoms with Gasteiger partial charge in [-0.15, -0.1) is 0 Å². The van der Waals surface area contributed by atoms with Gasteiger partial charge in [-0.25, -0.2) is 6.42 Å². The molecule has 10 heteroatoms. The molecule has 94 valence electrons. The monoisotopic (exact) mass is 1000 g/mol. The quantitative estimate of drug-likeness (QED) is 0.301. The smallest absolute Gasteiger partial charge is 1.01 e. The second-order valence-electron chi connectivity index (χ2n) is 2.52. The predicted molar refractivity (Wildman–Crippen MR) is 52.4 cm³/mol. The zero-order chi connectivity index (χ0) is 9.56. The molecule has 0 aromatic rings. The van der Waals surface area contributed by atoms with Crippen LogP contribution in [0.3, 0.4) is 0 Å². The number of hydrogen-bond acceptors (Lipinski definition) is 2. The molecule has 0 aromatic heterocycles. The van der Waals surface area contributed by atoms with Gasteiger partial charge in [0, 0.05) is 108 Å². The van der Waals surface area contributed by atoms with Gasteiger partial charge in [-0.1, -0.05) is 6.04 Å². The van der Waals surface area contributed by atoms with Crippen LogP contribution in [0.5, 0.6) is 0 Å². The van der Waals surface area contributed by atoms with E-state index in [2.05, 4.69) is 24.9 Å². The number of carbonyl (C=O) groups is 1. The van der Waals surface area contributed by atoms with Crippen LogP contribution < -0.4 is 0 Å². The van der Waals surface area contributed by atoms with Crippen LogP contribution in [-0.4, -0.2) is 24.4 Å². The fourth-order valence-corrected chi connectivity index (χ4v) is 0.794. The molecule has 0 fully saturated rings. The van der Waals surface area contributed by atoms with Gasteiger partial charge in [0.05, 0.1) is 0 Å². The van der Waals surface area contributed by atoms with E-state index in [-0.39, 0.29) is 180 Å². The number of nitrogens with zero attached hydrogens (tertiary/aromatic N) is 1. The van der Waals surface area contributed by atoms with Crippen LogP contribution in [-0.2, 0) is 179 Å². The normalized spacial score (nSPS) is 10.4. The van der Waals surface area contributed by atoms with E-state index in [1.165, 1.54) is 12.7 Å². The number of ketones is 1. The summed E-state index contributed by atoms with van der Waals surface area (Å²) in [7, 11) is 0. The third-order valence-electron chi connectivity index (χ3n) is 1.47. The van der Waals surface area contributed by atoms with Crippen LogP contribution in [0.4, 0.5) is 0 Å². The maximum absolute atomic E-state index is 10.6. The first-order valence-electron chi connectivity index (χ1n) is 3.74. The summed E-state index contributed by atoms with van der Waals surface area (Å²) in [5.74, 6) is 1.35. The molecule has 2 radical (unpaired) electrons. The van der Waals surface area contributed by atoms with Crippen molar-refractivity contribution in [2.24, 2.45) is 0 Å². The van der Waals surface area contributed by atoms with E-state index >= 15 is 0 Å². The van der Waals surface area contributed by atoms with Crippen molar-refractivity contribution in [1.82, 2.24) is 0 Å². The molecule has 0 aliphatic rings. The molecule has 0 aromatic carbocycles. The number of nitrogens with one attached hydrogen (secondary N) is 1. The average molecular weight is 1000 g/mol. The second-order valence-corrected chi connectivity index (χ2v) is 2.79. The molecule has 0 aliphatic carbocycles. The molecule has 1 N–H and O–H groups in total. The number of rotatable bonds is 6. The summed E-state index contributed by atoms with van der Waals surface area (Å²) in [6, 6.07) is -0.832. The van der Waals surface area contributed by atoms with E-state index in [0.29, 0.717) is 6.42 Å². The van der Waals surface area contributed by atoms with Crippen molar-refractivity contribution < 1.29 is 166 Å².